The minimum atomic E-state index is -4.67. The van der Waals surface area contributed by atoms with Crippen molar-refractivity contribution < 1.29 is 24.7 Å². The Morgan fingerprint density at radius 2 is 1.85 bits per heavy atom. The van der Waals surface area contributed by atoms with E-state index in [1.54, 1.807) is 71.5 Å². The average Bonchev–Trinajstić information content (AvgIpc) is 2.76. The quantitative estimate of drug-likeness (QED) is 0.356. The largest absolute Gasteiger partial charge is 0.428 e. The molecule has 0 fully saturated rings. The van der Waals surface area contributed by atoms with E-state index in [2.05, 4.69) is 20.6 Å². The first-order chi connectivity index (χ1) is 15.5. The maximum Gasteiger partial charge on any atom is 0.421 e. The first-order valence-corrected chi connectivity index (χ1v) is 12.1. The van der Waals surface area contributed by atoms with Crippen LogP contribution < -0.4 is 18.0 Å². The van der Waals surface area contributed by atoms with Gasteiger partial charge < -0.3 is 13.7 Å². The van der Waals surface area contributed by atoms with Crippen LogP contribution in [-0.4, -0.2) is 31.7 Å². The van der Waals surface area contributed by atoms with Crippen molar-refractivity contribution in [1.82, 2.24) is 9.97 Å². The Bertz CT molecular complexity index is 1220. The molecule has 0 spiro atoms. The monoisotopic (exact) mass is 593 g/mol. The molecule has 0 unspecified atom stereocenters. The number of aromatic nitrogens is 2. The van der Waals surface area contributed by atoms with Crippen LogP contribution in [0, 0.1) is 0 Å². The fraction of sp³-hybridized carbons (Fsp3) is 0.200. The fourth-order valence-electron chi connectivity index (χ4n) is 2.74. The zero-order valence-electron chi connectivity index (χ0n) is 17.4. The highest BCUT2D eigenvalue weighted by Gasteiger charge is 2.35. The molecule has 0 aliphatic carbocycles. The number of anilines is 4. The maximum atomic E-state index is 13.5. The summed E-state index contributed by atoms with van der Waals surface area (Å²) in [6.45, 7) is -0.0212. The molecule has 0 bridgehead atoms. The maximum absolute atomic E-state index is 13.5. The molecule has 1 heterocycles. The summed E-state index contributed by atoms with van der Waals surface area (Å²) < 4.78 is 70.1. The molecular weight excluding hydrogens is 574 g/mol. The molecule has 2 N–H and O–H groups in total. The Kier molecular flexibility index (Phi) is 7.51. The third-order valence-electron chi connectivity index (χ3n) is 4.53. The Labute approximate surface area is 202 Å². The molecule has 1 aromatic heterocycles. The third kappa shape index (κ3) is 6.60. The van der Waals surface area contributed by atoms with E-state index >= 15 is 0 Å². The number of sulfonamides is 1. The van der Waals surface area contributed by atoms with Gasteiger partial charge in [-0.05, 0) is 42.0 Å². The zero-order chi connectivity index (χ0) is 24.2. The number of benzene rings is 2. The van der Waals surface area contributed by atoms with Crippen molar-refractivity contribution >= 4 is 56.2 Å². The van der Waals surface area contributed by atoms with Crippen molar-refractivity contribution in [3.63, 3.8) is 0 Å². The summed E-state index contributed by atoms with van der Waals surface area (Å²) in [4.78, 5) is 7.77. The van der Waals surface area contributed by atoms with Crippen molar-refractivity contribution in [2.45, 2.75) is 12.7 Å². The second-order valence-electron chi connectivity index (χ2n) is 6.93. The van der Waals surface area contributed by atoms with Gasteiger partial charge in [0, 0.05) is 25.5 Å². The molecule has 3 aromatic rings. The lowest BCUT2D eigenvalue weighted by molar-refractivity contribution is -0.137. The molecule has 0 atom stereocenters. The lowest BCUT2D eigenvalue weighted by Crippen LogP contribution is -2.24. The second kappa shape index (κ2) is 9.99. The summed E-state index contributed by atoms with van der Waals surface area (Å²) in [7, 11) is -2.09. The highest BCUT2D eigenvalue weighted by molar-refractivity contribution is 14.1. The van der Waals surface area contributed by atoms with Crippen LogP contribution >= 0.6 is 23.0 Å². The number of hydrogen-bond acceptors (Lipinski definition) is 7. The number of nitrogens with zero attached hydrogens (tertiary/aromatic N) is 3. The number of halogens is 4. The number of nitrogens with one attached hydrogen (secondary N) is 2. The van der Waals surface area contributed by atoms with Gasteiger partial charge in [-0.1, -0.05) is 12.1 Å². The molecule has 33 heavy (non-hydrogen) atoms. The van der Waals surface area contributed by atoms with Crippen LogP contribution in [0.3, 0.4) is 0 Å². The van der Waals surface area contributed by atoms with E-state index in [4.69, 9.17) is 3.07 Å². The van der Waals surface area contributed by atoms with Gasteiger partial charge in [0.2, 0.25) is 16.0 Å². The van der Waals surface area contributed by atoms with E-state index < -0.39 is 27.6 Å². The van der Waals surface area contributed by atoms with E-state index in [1.165, 1.54) is 7.05 Å². The summed E-state index contributed by atoms with van der Waals surface area (Å²) in [6.07, 6.45) is -2.91. The average molecular weight is 593 g/mol. The van der Waals surface area contributed by atoms with Crippen LogP contribution in [0.15, 0.2) is 54.7 Å². The van der Waals surface area contributed by atoms with Gasteiger partial charge in [-0.2, -0.15) is 18.2 Å². The Morgan fingerprint density at radius 1 is 1.15 bits per heavy atom. The summed E-state index contributed by atoms with van der Waals surface area (Å²) in [6, 6.07) is 13.1. The van der Waals surface area contributed by atoms with Gasteiger partial charge in [-0.3, -0.25) is 4.31 Å². The molecule has 0 aliphatic rings. The van der Waals surface area contributed by atoms with E-state index in [0.717, 1.165) is 10.6 Å². The molecule has 3 rings (SSSR count). The minimum absolute atomic E-state index is 0.0212. The molecule has 176 valence electrons. The van der Waals surface area contributed by atoms with Crippen molar-refractivity contribution in [3.05, 3.63) is 65.9 Å². The van der Waals surface area contributed by atoms with Crippen LogP contribution in [0.25, 0.3) is 0 Å². The lowest BCUT2D eigenvalue weighted by Gasteiger charge is -2.18. The standard InChI is InChI=1S/C20H19F3IN5O3S/c1-29(33(2,30)31)15-5-3-4-13(10-15)11-25-18-17(20(21,22)23)12-26-19(28-18)27-14-6-8-16(32-24)9-7-14/h3-10,12H,11H2,1-2H3,(H2,25,26,27,28). The molecule has 0 radical (unpaired) electrons. The first-order valence-electron chi connectivity index (χ1n) is 9.34. The Balaban J connectivity index is 1.84. The highest BCUT2D eigenvalue weighted by atomic mass is 127. The zero-order valence-corrected chi connectivity index (χ0v) is 20.4. The highest BCUT2D eigenvalue weighted by Crippen LogP contribution is 2.34. The van der Waals surface area contributed by atoms with Gasteiger partial charge in [-0.15, -0.1) is 0 Å². The fourth-order valence-corrected chi connectivity index (χ4v) is 3.53. The summed E-state index contributed by atoms with van der Waals surface area (Å²) in [5.74, 6) is 0.175. The number of alkyl halides is 3. The molecule has 2 aromatic carbocycles. The molecule has 0 aliphatic heterocycles. The van der Waals surface area contributed by atoms with E-state index in [1.807, 2.05) is 0 Å². The lowest BCUT2D eigenvalue weighted by atomic mass is 10.2. The topological polar surface area (TPSA) is 96.4 Å². The van der Waals surface area contributed by atoms with Crippen molar-refractivity contribution in [2.75, 3.05) is 28.2 Å². The second-order valence-corrected chi connectivity index (χ2v) is 9.39. The van der Waals surface area contributed by atoms with Crippen LogP contribution in [0.2, 0.25) is 0 Å². The predicted octanol–water partition coefficient (Wildman–Crippen LogP) is 4.98. The first kappa shape index (κ1) is 24.8. The molecule has 0 amide bonds. The van der Waals surface area contributed by atoms with E-state index in [0.29, 0.717) is 28.9 Å². The van der Waals surface area contributed by atoms with Gasteiger partial charge in [0.1, 0.15) is 17.1 Å². The van der Waals surface area contributed by atoms with E-state index in [-0.39, 0.29) is 12.5 Å². The Hall–Kier alpha value is -2.81. The summed E-state index contributed by atoms with van der Waals surface area (Å²) in [5.41, 5.74) is 0.496. The minimum Gasteiger partial charge on any atom is -0.428 e. The Morgan fingerprint density at radius 3 is 2.45 bits per heavy atom. The molecule has 0 saturated carbocycles. The van der Waals surface area contributed by atoms with Gasteiger partial charge in [-0.25, -0.2) is 13.4 Å². The molecule has 13 heteroatoms. The molecule has 8 nitrogen and oxygen atoms in total. The normalized spacial score (nSPS) is 11.7. The molecule has 0 saturated heterocycles. The van der Waals surface area contributed by atoms with Crippen molar-refractivity contribution in [2.24, 2.45) is 0 Å². The van der Waals surface area contributed by atoms with Crippen molar-refractivity contribution in [3.8, 4) is 5.75 Å². The van der Waals surface area contributed by atoms with E-state index in [9.17, 15) is 21.6 Å². The summed E-state index contributed by atoms with van der Waals surface area (Å²) in [5, 5.41) is 5.54. The SMILES string of the molecule is CN(c1cccc(CNc2nc(Nc3ccc(OI)cc3)ncc2C(F)(F)F)c1)S(C)(=O)=O. The third-order valence-corrected chi connectivity index (χ3v) is 6.24. The number of hydrogen-bond donors (Lipinski definition) is 2. The summed E-state index contributed by atoms with van der Waals surface area (Å²) >= 11 is 1.73. The van der Waals surface area contributed by atoms with Gasteiger partial charge >= 0.3 is 6.18 Å². The van der Waals surface area contributed by atoms with Crippen LogP contribution in [0.4, 0.5) is 36.3 Å². The van der Waals surface area contributed by atoms with Gasteiger partial charge in [0.25, 0.3) is 0 Å². The van der Waals surface area contributed by atoms with Crippen LogP contribution in [0.1, 0.15) is 11.1 Å². The van der Waals surface area contributed by atoms with Gasteiger partial charge in [0.05, 0.1) is 11.9 Å². The van der Waals surface area contributed by atoms with Crippen molar-refractivity contribution in [1.29, 1.82) is 0 Å². The van der Waals surface area contributed by atoms with Gasteiger partial charge in [0.15, 0.2) is 23.0 Å². The smallest absolute Gasteiger partial charge is 0.421 e. The van der Waals surface area contributed by atoms with Crippen LogP contribution in [0.5, 0.6) is 5.75 Å². The van der Waals surface area contributed by atoms with Crippen LogP contribution in [-0.2, 0) is 22.7 Å². The predicted molar refractivity (Wildman–Crippen MR) is 128 cm³/mol. The number of rotatable bonds is 8. The molecular formula is C20H19F3IN5O3S.